The van der Waals surface area contributed by atoms with Gasteiger partial charge in [-0.05, 0) is 23.3 Å². The summed E-state index contributed by atoms with van der Waals surface area (Å²) in [5.41, 5.74) is 2.35. The standard InChI is InChI=1S/C12H17O3SSi/c1-13-12(14-2,15-17)9-11-6-4-3-5-10(11)7-8-16/h3-6,16H,7-9H2,1-2H3. The van der Waals surface area contributed by atoms with Crippen LogP contribution in [0.15, 0.2) is 24.3 Å². The predicted octanol–water partition coefficient (Wildman–Crippen LogP) is 1.75. The highest BCUT2D eigenvalue weighted by Gasteiger charge is 2.30. The van der Waals surface area contributed by atoms with Crippen LogP contribution in [-0.4, -0.2) is 36.4 Å². The second kappa shape index (κ2) is 7.18. The van der Waals surface area contributed by atoms with Gasteiger partial charge in [-0.3, -0.25) is 0 Å². The molecule has 0 amide bonds. The SMILES string of the molecule is COC(Cc1ccccc1CCS)(OC)O[Si]. The minimum absolute atomic E-state index is 0.507. The van der Waals surface area contributed by atoms with Crippen LogP contribution in [0, 0.1) is 0 Å². The van der Waals surface area contributed by atoms with Crippen molar-refractivity contribution < 1.29 is 13.9 Å². The molecule has 3 nitrogen and oxygen atoms in total. The molecule has 0 aromatic heterocycles. The van der Waals surface area contributed by atoms with Crippen LogP contribution in [0.4, 0.5) is 0 Å². The Bertz CT molecular complexity index is 334. The minimum Gasteiger partial charge on any atom is -0.371 e. The van der Waals surface area contributed by atoms with Gasteiger partial charge in [0.15, 0.2) is 0 Å². The Hall–Kier alpha value is -0.333. The Morgan fingerprint density at radius 3 is 2.24 bits per heavy atom. The summed E-state index contributed by atoms with van der Waals surface area (Å²) in [7, 11) is 6.09. The summed E-state index contributed by atoms with van der Waals surface area (Å²) >= 11 is 4.26. The second-order valence-corrected chi connectivity index (χ2v) is 4.26. The molecule has 0 heterocycles. The molecule has 0 fully saturated rings. The monoisotopic (exact) mass is 269 g/mol. The molecule has 0 aliphatic heterocycles. The summed E-state index contributed by atoms with van der Waals surface area (Å²) in [6.45, 7) is 0. The van der Waals surface area contributed by atoms with Gasteiger partial charge in [-0.15, -0.1) is 0 Å². The Balaban J connectivity index is 2.92. The second-order valence-electron chi connectivity index (χ2n) is 3.61. The molecule has 5 heteroatoms. The average molecular weight is 269 g/mol. The fraction of sp³-hybridized carbons (Fsp3) is 0.500. The van der Waals surface area contributed by atoms with Crippen molar-refractivity contribution in [2.45, 2.75) is 18.8 Å². The molecule has 0 unspecified atom stereocenters. The largest absolute Gasteiger partial charge is 0.371 e. The topological polar surface area (TPSA) is 27.7 Å². The lowest BCUT2D eigenvalue weighted by Crippen LogP contribution is -2.39. The van der Waals surface area contributed by atoms with Crippen molar-refractivity contribution in [2.24, 2.45) is 0 Å². The van der Waals surface area contributed by atoms with E-state index in [-0.39, 0.29) is 0 Å². The molecular weight excluding hydrogens is 252 g/mol. The van der Waals surface area contributed by atoms with Crippen molar-refractivity contribution in [3.05, 3.63) is 35.4 Å². The van der Waals surface area contributed by atoms with Gasteiger partial charge < -0.3 is 13.9 Å². The van der Waals surface area contributed by atoms with E-state index >= 15 is 0 Å². The van der Waals surface area contributed by atoms with Crippen LogP contribution in [0.3, 0.4) is 0 Å². The Morgan fingerprint density at radius 2 is 1.76 bits per heavy atom. The first-order chi connectivity index (χ1) is 8.21. The zero-order valence-electron chi connectivity index (χ0n) is 10.1. The molecule has 0 atom stereocenters. The van der Waals surface area contributed by atoms with Gasteiger partial charge in [0.25, 0.3) is 16.5 Å². The van der Waals surface area contributed by atoms with E-state index < -0.39 is 5.97 Å². The van der Waals surface area contributed by atoms with Crippen LogP contribution in [-0.2, 0) is 26.7 Å². The number of aryl methyl sites for hydroxylation is 1. The van der Waals surface area contributed by atoms with E-state index in [1.165, 1.54) is 5.56 Å². The number of hydrogen-bond acceptors (Lipinski definition) is 4. The molecule has 1 rings (SSSR count). The predicted molar refractivity (Wildman–Crippen MR) is 71.3 cm³/mol. The Labute approximate surface area is 111 Å². The zero-order chi connectivity index (χ0) is 12.7. The van der Waals surface area contributed by atoms with Gasteiger partial charge in [0, 0.05) is 14.2 Å². The molecule has 3 radical (unpaired) electrons. The van der Waals surface area contributed by atoms with Crippen molar-refractivity contribution in [1.29, 1.82) is 0 Å². The van der Waals surface area contributed by atoms with Crippen LogP contribution in [0.5, 0.6) is 0 Å². The molecule has 0 N–H and O–H groups in total. The molecule has 0 spiro atoms. The number of methoxy groups -OCH3 is 2. The lowest BCUT2D eigenvalue weighted by Gasteiger charge is -2.29. The Morgan fingerprint density at radius 1 is 1.18 bits per heavy atom. The maximum absolute atomic E-state index is 5.26. The normalized spacial score (nSPS) is 11.8. The van der Waals surface area contributed by atoms with Gasteiger partial charge in [-0.2, -0.15) is 12.6 Å². The molecule has 0 aliphatic rings. The van der Waals surface area contributed by atoms with Crippen LogP contribution in [0.25, 0.3) is 0 Å². The van der Waals surface area contributed by atoms with Crippen molar-refractivity contribution in [3.8, 4) is 0 Å². The number of ether oxygens (including phenoxy) is 2. The molecule has 0 aliphatic carbocycles. The van der Waals surface area contributed by atoms with Crippen molar-refractivity contribution >= 4 is 23.1 Å². The molecule has 17 heavy (non-hydrogen) atoms. The molecule has 0 bridgehead atoms. The summed E-state index contributed by atoms with van der Waals surface area (Å²) < 4.78 is 15.6. The van der Waals surface area contributed by atoms with Gasteiger partial charge in [-0.1, -0.05) is 24.3 Å². The van der Waals surface area contributed by atoms with Crippen LogP contribution in [0.2, 0.25) is 0 Å². The van der Waals surface area contributed by atoms with E-state index in [9.17, 15) is 0 Å². The highest BCUT2D eigenvalue weighted by molar-refractivity contribution is 7.80. The van der Waals surface area contributed by atoms with E-state index in [4.69, 9.17) is 13.9 Å². The fourth-order valence-corrected chi connectivity index (χ4v) is 2.15. The van der Waals surface area contributed by atoms with Gasteiger partial charge in [-0.25, -0.2) is 0 Å². The maximum Gasteiger partial charge on any atom is 0.276 e. The molecule has 93 valence electrons. The van der Waals surface area contributed by atoms with Crippen molar-refractivity contribution in [1.82, 2.24) is 0 Å². The third kappa shape index (κ3) is 3.82. The molecule has 0 saturated carbocycles. The molecule has 1 aromatic carbocycles. The van der Waals surface area contributed by atoms with Gasteiger partial charge in [0.1, 0.15) is 0 Å². The number of rotatable bonds is 7. The van der Waals surface area contributed by atoms with E-state index in [0.717, 1.165) is 17.7 Å². The first-order valence-electron chi connectivity index (χ1n) is 5.34. The highest BCUT2D eigenvalue weighted by atomic mass is 32.1. The zero-order valence-corrected chi connectivity index (χ0v) is 12.0. The quantitative estimate of drug-likeness (QED) is 0.464. The maximum atomic E-state index is 5.26. The molecule has 1 aromatic rings. The molecule has 0 saturated heterocycles. The minimum atomic E-state index is -1.09. The van der Waals surface area contributed by atoms with E-state index in [2.05, 4.69) is 29.2 Å². The lowest BCUT2D eigenvalue weighted by molar-refractivity contribution is -0.320. The third-order valence-corrected chi connectivity index (χ3v) is 3.22. The summed E-state index contributed by atoms with van der Waals surface area (Å²) in [4.78, 5) is 0. The van der Waals surface area contributed by atoms with Crippen LogP contribution in [0.1, 0.15) is 11.1 Å². The summed E-state index contributed by atoms with van der Waals surface area (Å²) in [6.07, 6.45) is 1.41. The van der Waals surface area contributed by atoms with E-state index in [1.807, 2.05) is 18.2 Å². The third-order valence-electron chi connectivity index (χ3n) is 2.68. The first kappa shape index (κ1) is 14.7. The van der Waals surface area contributed by atoms with Crippen molar-refractivity contribution in [2.75, 3.05) is 20.0 Å². The van der Waals surface area contributed by atoms with Crippen LogP contribution >= 0.6 is 12.6 Å². The number of thiol groups is 1. The smallest absolute Gasteiger partial charge is 0.276 e. The van der Waals surface area contributed by atoms with Gasteiger partial charge in [0.2, 0.25) is 0 Å². The molecular formula is C12H17O3SSi. The number of hydrogen-bond donors (Lipinski definition) is 1. The van der Waals surface area contributed by atoms with E-state index in [0.29, 0.717) is 6.42 Å². The van der Waals surface area contributed by atoms with Crippen LogP contribution < -0.4 is 0 Å². The first-order valence-corrected chi connectivity index (χ1v) is 6.38. The van der Waals surface area contributed by atoms with Gasteiger partial charge >= 0.3 is 0 Å². The van der Waals surface area contributed by atoms with Gasteiger partial charge in [0.05, 0.1) is 6.42 Å². The van der Waals surface area contributed by atoms with Crippen molar-refractivity contribution in [3.63, 3.8) is 0 Å². The lowest BCUT2D eigenvalue weighted by atomic mass is 10.0. The summed E-state index contributed by atoms with van der Waals surface area (Å²) in [6, 6.07) is 8.12. The fourth-order valence-electron chi connectivity index (χ4n) is 1.67. The van der Waals surface area contributed by atoms with E-state index in [1.54, 1.807) is 14.2 Å². The summed E-state index contributed by atoms with van der Waals surface area (Å²) in [5.74, 6) is -0.289. The highest BCUT2D eigenvalue weighted by Crippen LogP contribution is 2.22. The number of benzene rings is 1. The summed E-state index contributed by atoms with van der Waals surface area (Å²) in [5, 5.41) is 0. The average Bonchev–Trinajstić information content (AvgIpc) is 2.38. The Kier molecular flexibility index (Phi) is 6.22.